The van der Waals surface area contributed by atoms with Gasteiger partial charge in [-0.3, -0.25) is 15.0 Å². The molecule has 3 rings (SSSR count). The Hall–Kier alpha value is -2.77. The van der Waals surface area contributed by atoms with Crippen molar-refractivity contribution < 1.29 is 9.59 Å². The molecule has 0 saturated heterocycles. The van der Waals surface area contributed by atoms with E-state index in [1.807, 2.05) is 68.3 Å². The van der Waals surface area contributed by atoms with Crippen LogP contribution >= 0.6 is 11.3 Å². The Labute approximate surface area is 162 Å². The van der Waals surface area contributed by atoms with E-state index in [1.54, 1.807) is 11.3 Å². The molecule has 2 N–H and O–H groups in total. The largest absolute Gasteiger partial charge is 0.325 e. The second-order valence-corrected chi connectivity index (χ2v) is 7.68. The number of imide groups is 1. The Balaban J connectivity index is 1.51. The van der Waals surface area contributed by atoms with Crippen LogP contribution in [0.15, 0.2) is 42.5 Å². The predicted molar refractivity (Wildman–Crippen MR) is 109 cm³/mol. The van der Waals surface area contributed by atoms with E-state index in [4.69, 9.17) is 0 Å². The summed E-state index contributed by atoms with van der Waals surface area (Å²) in [6.45, 7) is 4.56. The van der Waals surface area contributed by atoms with Crippen molar-refractivity contribution in [2.75, 3.05) is 18.9 Å². The highest BCUT2D eigenvalue weighted by atomic mass is 32.1. The molecule has 7 heteroatoms. The van der Waals surface area contributed by atoms with Crippen LogP contribution in [0.3, 0.4) is 0 Å². The number of nitrogens with zero attached hydrogens (tertiary/aromatic N) is 2. The first-order valence-electron chi connectivity index (χ1n) is 8.62. The number of aromatic nitrogens is 1. The van der Waals surface area contributed by atoms with Crippen LogP contribution in [-0.2, 0) is 11.3 Å². The van der Waals surface area contributed by atoms with Gasteiger partial charge in [-0.15, -0.1) is 11.3 Å². The van der Waals surface area contributed by atoms with Gasteiger partial charge in [0.2, 0.25) is 5.91 Å². The lowest BCUT2D eigenvalue weighted by Crippen LogP contribution is -2.40. The first-order valence-corrected chi connectivity index (χ1v) is 9.43. The van der Waals surface area contributed by atoms with E-state index in [-0.39, 0.29) is 12.5 Å². The lowest BCUT2D eigenvalue weighted by Gasteiger charge is -2.15. The number of anilines is 1. The van der Waals surface area contributed by atoms with Gasteiger partial charge in [-0.25, -0.2) is 9.78 Å². The van der Waals surface area contributed by atoms with Crippen LogP contribution in [0.5, 0.6) is 0 Å². The van der Waals surface area contributed by atoms with E-state index in [0.29, 0.717) is 12.2 Å². The molecule has 0 aliphatic rings. The number of fused-ring (bicyclic) bond motifs is 1. The van der Waals surface area contributed by atoms with Crippen molar-refractivity contribution in [3.63, 3.8) is 0 Å². The van der Waals surface area contributed by atoms with E-state index < -0.39 is 6.03 Å². The molecule has 2 aromatic carbocycles. The highest BCUT2D eigenvalue weighted by Crippen LogP contribution is 2.22. The molecule has 0 radical (unpaired) electrons. The van der Waals surface area contributed by atoms with E-state index in [2.05, 4.69) is 15.6 Å². The standard InChI is InChI=1S/C20H22N4O2S/c1-13-8-9-15(14(2)10-13)22-20(26)23-18(25)11-24(3)12-19-21-16-6-4-5-7-17(16)27-19/h4-10H,11-12H2,1-3H3,(H2,22,23,25,26). The number of thiazole rings is 1. The third-order valence-corrected chi connectivity index (χ3v) is 5.06. The van der Waals surface area contributed by atoms with Gasteiger partial charge < -0.3 is 5.32 Å². The number of nitrogens with one attached hydrogen (secondary N) is 2. The molecule has 0 aliphatic heterocycles. The highest BCUT2D eigenvalue weighted by molar-refractivity contribution is 7.18. The summed E-state index contributed by atoms with van der Waals surface area (Å²) in [6, 6.07) is 13.1. The number of para-hydroxylation sites is 1. The molecule has 1 heterocycles. The van der Waals surface area contributed by atoms with Crippen LogP contribution in [0.1, 0.15) is 16.1 Å². The zero-order valence-corrected chi connectivity index (χ0v) is 16.4. The zero-order valence-electron chi connectivity index (χ0n) is 15.6. The molecule has 0 atom stereocenters. The van der Waals surface area contributed by atoms with Crippen molar-refractivity contribution in [3.8, 4) is 0 Å². The number of rotatable bonds is 5. The van der Waals surface area contributed by atoms with Crippen LogP contribution in [0.25, 0.3) is 10.2 Å². The van der Waals surface area contributed by atoms with Crippen molar-refractivity contribution in [1.29, 1.82) is 0 Å². The number of carbonyl (C=O) groups is 2. The second-order valence-electron chi connectivity index (χ2n) is 6.57. The fourth-order valence-corrected chi connectivity index (χ4v) is 3.84. The minimum Gasteiger partial charge on any atom is -0.307 e. The summed E-state index contributed by atoms with van der Waals surface area (Å²) >= 11 is 1.61. The summed E-state index contributed by atoms with van der Waals surface area (Å²) in [5, 5.41) is 6.01. The number of likely N-dealkylation sites (N-methyl/N-ethyl adjacent to an activating group) is 1. The number of hydrogen-bond acceptors (Lipinski definition) is 5. The van der Waals surface area contributed by atoms with Gasteiger partial charge in [-0.05, 0) is 44.7 Å². The average Bonchev–Trinajstić information content (AvgIpc) is 2.99. The summed E-state index contributed by atoms with van der Waals surface area (Å²) in [5.41, 5.74) is 3.72. The maximum Gasteiger partial charge on any atom is 0.325 e. The van der Waals surface area contributed by atoms with Gasteiger partial charge in [-0.2, -0.15) is 0 Å². The van der Waals surface area contributed by atoms with E-state index in [1.165, 1.54) is 0 Å². The quantitative estimate of drug-likeness (QED) is 0.706. The number of carbonyl (C=O) groups excluding carboxylic acids is 2. The molecule has 0 unspecified atom stereocenters. The molecule has 0 spiro atoms. The van der Waals surface area contributed by atoms with Crippen molar-refractivity contribution >= 4 is 39.2 Å². The summed E-state index contributed by atoms with van der Waals surface area (Å²) in [4.78, 5) is 30.6. The minimum absolute atomic E-state index is 0.107. The molecule has 3 amide bonds. The minimum atomic E-state index is -0.527. The number of aryl methyl sites for hydroxylation is 2. The Bertz CT molecular complexity index is 950. The van der Waals surface area contributed by atoms with Gasteiger partial charge in [-0.1, -0.05) is 29.8 Å². The van der Waals surface area contributed by atoms with Gasteiger partial charge in [0.15, 0.2) is 0 Å². The summed E-state index contributed by atoms with van der Waals surface area (Å²) in [5.74, 6) is -0.360. The van der Waals surface area contributed by atoms with Crippen LogP contribution in [-0.4, -0.2) is 35.4 Å². The third-order valence-electron chi connectivity index (χ3n) is 4.04. The molecular formula is C20H22N4O2S. The Morgan fingerprint density at radius 1 is 1.15 bits per heavy atom. The number of hydrogen-bond donors (Lipinski definition) is 2. The number of urea groups is 1. The van der Waals surface area contributed by atoms with Crippen LogP contribution in [0, 0.1) is 13.8 Å². The lowest BCUT2D eigenvalue weighted by atomic mass is 10.1. The first-order chi connectivity index (χ1) is 12.9. The van der Waals surface area contributed by atoms with E-state index in [9.17, 15) is 9.59 Å². The van der Waals surface area contributed by atoms with Crippen molar-refractivity contribution in [2.45, 2.75) is 20.4 Å². The molecule has 3 aromatic rings. The molecule has 0 saturated carbocycles. The SMILES string of the molecule is Cc1ccc(NC(=O)NC(=O)CN(C)Cc2nc3ccccc3s2)c(C)c1. The number of benzene rings is 2. The Morgan fingerprint density at radius 3 is 2.67 bits per heavy atom. The van der Waals surface area contributed by atoms with Gasteiger partial charge in [0.05, 0.1) is 23.3 Å². The molecule has 140 valence electrons. The first kappa shape index (κ1) is 19.0. The predicted octanol–water partition coefficient (Wildman–Crippen LogP) is 3.69. The summed E-state index contributed by atoms with van der Waals surface area (Å²) in [7, 11) is 1.83. The molecule has 27 heavy (non-hydrogen) atoms. The molecule has 6 nitrogen and oxygen atoms in total. The molecule has 1 aromatic heterocycles. The molecule has 0 fully saturated rings. The number of amides is 3. The molecule has 0 aliphatic carbocycles. The normalized spacial score (nSPS) is 11.0. The molecule has 0 bridgehead atoms. The smallest absolute Gasteiger partial charge is 0.307 e. The van der Waals surface area contributed by atoms with Gasteiger partial charge in [0.25, 0.3) is 0 Å². The van der Waals surface area contributed by atoms with Gasteiger partial charge >= 0.3 is 6.03 Å². The van der Waals surface area contributed by atoms with Crippen molar-refractivity contribution in [1.82, 2.24) is 15.2 Å². The van der Waals surface area contributed by atoms with Crippen LogP contribution in [0.4, 0.5) is 10.5 Å². The van der Waals surface area contributed by atoms with E-state index >= 15 is 0 Å². The summed E-state index contributed by atoms with van der Waals surface area (Å²) < 4.78 is 1.12. The fourth-order valence-electron chi connectivity index (χ4n) is 2.79. The third kappa shape index (κ3) is 5.12. The second kappa shape index (κ2) is 8.28. The topological polar surface area (TPSA) is 74.3 Å². The summed E-state index contributed by atoms with van der Waals surface area (Å²) in [6.07, 6.45) is 0. The van der Waals surface area contributed by atoms with Crippen LogP contribution < -0.4 is 10.6 Å². The van der Waals surface area contributed by atoms with Gasteiger partial charge in [0.1, 0.15) is 5.01 Å². The Morgan fingerprint density at radius 2 is 1.93 bits per heavy atom. The van der Waals surface area contributed by atoms with Gasteiger partial charge in [0, 0.05) is 5.69 Å². The Kier molecular flexibility index (Phi) is 5.83. The maximum atomic E-state index is 12.1. The van der Waals surface area contributed by atoms with Crippen molar-refractivity contribution in [2.24, 2.45) is 0 Å². The zero-order chi connectivity index (χ0) is 19.4. The molecular weight excluding hydrogens is 360 g/mol. The lowest BCUT2D eigenvalue weighted by molar-refractivity contribution is -0.120. The highest BCUT2D eigenvalue weighted by Gasteiger charge is 2.13. The average molecular weight is 382 g/mol. The maximum absolute atomic E-state index is 12.1. The fraction of sp³-hybridized carbons (Fsp3) is 0.250. The van der Waals surface area contributed by atoms with Crippen molar-refractivity contribution in [3.05, 3.63) is 58.6 Å². The van der Waals surface area contributed by atoms with Crippen LogP contribution in [0.2, 0.25) is 0 Å². The van der Waals surface area contributed by atoms with E-state index in [0.717, 1.165) is 26.4 Å². The monoisotopic (exact) mass is 382 g/mol.